The molecule has 2 N–H and O–H groups in total. The van der Waals surface area contributed by atoms with Crippen LogP contribution in [0.25, 0.3) is 16.9 Å². The number of rotatable bonds is 4. The molecule has 1 aromatic carbocycles. The second-order valence-electron chi connectivity index (χ2n) is 6.10. The van der Waals surface area contributed by atoms with Crippen molar-refractivity contribution < 1.29 is 19.9 Å². The summed E-state index contributed by atoms with van der Waals surface area (Å²) in [5, 5.41) is 30.3. The normalized spacial score (nSPS) is 22.4. The minimum Gasteiger partial charge on any atom is -0.394 e. The van der Waals surface area contributed by atoms with Gasteiger partial charge in [-0.25, -0.2) is 9.97 Å². The second-order valence-corrected chi connectivity index (χ2v) is 6.10. The number of aliphatic hydroxyl groups excluding tert-OH is 2. The van der Waals surface area contributed by atoms with Crippen molar-refractivity contribution in [1.82, 2.24) is 19.1 Å². The molecule has 1 aliphatic rings. The summed E-state index contributed by atoms with van der Waals surface area (Å²) in [4.78, 5) is 31.8. The monoisotopic (exact) mass is 373 g/mol. The van der Waals surface area contributed by atoms with Crippen LogP contribution < -0.4 is 5.56 Å². The Labute approximate surface area is 151 Å². The molecule has 1 saturated heterocycles. The van der Waals surface area contributed by atoms with Gasteiger partial charge < -0.3 is 14.9 Å². The molecule has 0 amide bonds. The quantitative estimate of drug-likeness (QED) is 0.485. The van der Waals surface area contributed by atoms with Crippen LogP contribution in [0.15, 0.2) is 41.7 Å². The van der Waals surface area contributed by atoms with Crippen LogP contribution in [0, 0.1) is 10.1 Å². The number of fused-ring (bicyclic) bond motifs is 1. The molecule has 0 spiro atoms. The van der Waals surface area contributed by atoms with Crippen LogP contribution in [-0.2, 0) is 4.74 Å². The number of hydrogen-bond acceptors (Lipinski definition) is 8. The highest BCUT2D eigenvalue weighted by Gasteiger charge is 2.35. The van der Waals surface area contributed by atoms with Crippen LogP contribution in [0.5, 0.6) is 0 Å². The number of ether oxygens (including phenoxy) is 1. The molecule has 140 valence electrons. The van der Waals surface area contributed by atoms with Gasteiger partial charge in [-0.3, -0.25) is 24.0 Å². The number of nitro benzene ring substituents is 1. The van der Waals surface area contributed by atoms with Crippen molar-refractivity contribution in [2.75, 3.05) is 6.61 Å². The number of aromatic nitrogens is 4. The lowest BCUT2D eigenvalue weighted by molar-refractivity contribution is -0.384. The third-order valence-corrected chi connectivity index (χ3v) is 4.52. The Balaban J connectivity index is 1.80. The summed E-state index contributed by atoms with van der Waals surface area (Å²) in [5.41, 5.74) is -0.463. The van der Waals surface area contributed by atoms with Crippen LogP contribution >= 0.6 is 0 Å². The maximum absolute atomic E-state index is 12.8. The second kappa shape index (κ2) is 6.54. The predicted octanol–water partition coefficient (Wildman–Crippen LogP) is 0.131. The molecular weight excluding hydrogens is 358 g/mol. The first kappa shape index (κ1) is 17.3. The zero-order chi connectivity index (χ0) is 19.1. The van der Waals surface area contributed by atoms with Gasteiger partial charge in [-0.05, 0) is 6.07 Å². The summed E-state index contributed by atoms with van der Waals surface area (Å²) >= 11 is 0. The zero-order valence-corrected chi connectivity index (χ0v) is 13.9. The van der Waals surface area contributed by atoms with E-state index in [1.54, 1.807) is 6.07 Å². The molecule has 0 saturated carbocycles. The average Bonchev–Trinajstić information content (AvgIpc) is 3.25. The van der Waals surface area contributed by atoms with Gasteiger partial charge in [0, 0.05) is 12.5 Å². The third-order valence-electron chi connectivity index (χ3n) is 4.52. The van der Waals surface area contributed by atoms with E-state index in [9.17, 15) is 25.1 Å². The Kier molecular flexibility index (Phi) is 4.18. The topological polar surface area (TPSA) is 146 Å². The molecule has 27 heavy (non-hydrogen) atoms. The molecule has 3 atom stereocenters. The van der Waals surface area contributed by atoms with Crippen molar-refractivity contribution in [3.05, 3.63) is 57.4 Å². The van der Waals surface area contributed by atoms with Crippen molar-refractivity contribution in [1.29, 1.82) is 0 Å². The maximum Gasteiger partial charge on any atom is 0.293 e. The number of nitro groups is 1. The van der Waals surface area contributed by atoms with E-state index in [1.165, 1.54) is 35.4 Å². The smallest absolute Gasteiger partial charge is 0.293 e. The summed E-state index contributed by atoms with van der Waals surface area (Å²) in [5.74, 6) is 0. The molecule has 0 unspecified atom stereocenters. The van der Waals surface area contributed by atoms with Crippen LogP contribution in [0.3, 0.4) is 0 Å². The van der Waals surface area contributed by atoms with Gasteiger partial charge in [0.1, 0.15) is 24.3 Å². The highest BCUT2D eigenvalue weighted by atomic mass is 16.6. The molecule has 0 aliphatic carbocycles. The van der Waals surface area contributed by atoms with Crippen LogP contribution in [0.2, 0.25) is 0 Å². The molecule has 2 aromatic heterocycles. The summed E-state index contributed by atoms with van der Waals surface area (Å²) < 4.78 is 8.13. The maximum atomic E-state index is 12.8. The summed E-state index contributed by atoms with van der Waals surface area (Å²) in [6.07, 6.45) is 0.576. The summed E-state index contributed by atoms with van der Waals surface area (Å²) in [7, 11) is 0. The van der Waals surface area contributed by atoms with Crippen LogP contribution in [0.4, 0.5) is 5.69 Å². The van der Waals surface area contributed by atoms with Gasteiger partial charge in [0.25, 0.3) is 11.2 Å². The van der Waals surface area contributed by atoms with E-state index < -0.39 is 28.9 Å². The van der Waals surface area contributed by atoms with Gasteiger partial charge in [-0.2, -0.15) is 0 Å². The Morgan fingerprint density at radius 1 is 1.30 bits per heavy atom. The van der Waals surface area contributed by atoms with Crippen molar-refractivity contribution in [3.8, 4) is 5.69 Å². The van der Waals surface area contributed by atoms with Crippen LogP contribution in [-0.4, -0.2) is 53.1 Å². The van der Waals surface area contributed by atoms with Gasteiger partial charge >= 0.3 is 0 Å². The number of nitrogens with zero attached hydrogens (tertiary/aromatic N) is 5. The van der Waals surface area contributed by atoms with Gasteiger partial charge in [-0.1, -0.05) is 12.1 Å². The van der Waals surface area contributed by atoms with Gasteiger partial charge in [0.15, 0.2) is 11.2 Å². The van der Waals surface area contributed by atoms with Crippen molar-refractivity contribution in [3.63, 3.8) is 0 Å². The van der Waals surface area contributed by atoms with E-state index in [0.717, 1.165) is 4.57 Å². The van der Waals surface area contributed by atoms with Crippen molar-refractivity contribution >= 4 is 16.9 Å². The number of benzene rings is 1. The number of imidazole rings is 1. The Morgan fingerprint density at radius 3 is 2.78 bits per heavy atom. The summed E-state index contributed by atoms with van der Waals surface area (Å²) in [6, 6.07) is 5.84. The molecule has 0 bridgehead atoms. The Bertz CT molecular complexity index is 1080. The van der Waals surface area contributed by atoms with E-state index in [4.69, 9.17) is 4.74 Å². The van der Waals surface area contributed by atoms with Gasteiger partial charge in [-0.15, -0.1) is 0 Å². The lowest BCUT2D eigenvalue weighted by Crippen LogP contribution is -2.24. The first-order chi connectivity index (χ1) is 13.0. The van der Waals surface area contributed by atoms with E-state index in [-0.39, 0.29) is 35.6 Å². The fraction of sp³-hybridized carbons (Fsp3) is 0.312. The standard InChI is InChI=1S/C16H15N5O6/c22-6-12-11(23)5-13(27-12)20-7-17-14-15(20)18-8-19(16(14)24)9-3-1-2-4-10(9)21(25)26/h1-4,7-8,11-13,22-23H,5-6H2/t11-,12+,13+/m0/s1. The largest absolute Gasteiger partial charge is 0.394 e. The SMILES string of the molecule is O=c1c2ncn([C@H]3C[C@H](O)[C@@H](CO)O3)c2ncn1-c1ccccc1[N+](=O)[O-]. The number of para-hydroxylation sites is 2. The molecule has 0 radical (unpaired) electrons. The van der Waals surface area contributed by atoms with E-state index in [1.807, 2.05) is 0 Å². The molecular formula is C16H15N5O6. The first-order valence-electron chi connectivity index (χ1n) is 8.13. The fourth-order valence-electron chi connectivity index (χ4n) is 3.17. The van der Waals surface area contributed by atoms with E-state index in [2.05, 4.69) is 9.97 Å². The first-order valence-corrected chi connectivity index (χ1v) is 8.13. The Hall–Kier alpha value is -3.15. The average molecular weight is 373 g/mol. The van der Waals surface area contributed by atoms with Gasteiger partial charge in [0.2, 0.25) is 0 Å². The summed E-state index contributed by atoms with van der Waals surface area (Å²) in [6.45, 7) is -0.331. The van der Waals surface area contributed by atoms with Crippen molar-refractivity contribution in [2.24, 2.45) is 0 Å². The van der Waals surface area contributed by atoms with Crippen LogP contribution in [0.1, 0.15) is 12.6 Å². The fourth-order valence-corrected chi connectivity index (χ4v) is 3.17. The molecule has 3 heterocycles. The van der Waals surface area contributed by atoms with E-state index >= 15 is 0 Å². The third kappa shape index (κ3) is 2.77. The number of hydrogen-bond donors (Lipinski definition) is 2. The predicted molar refractivity (Wildman–Crippen MR) is 91.4 cm³/mol. The lowest BCUT2D eigenvalue weighted by atomic mass is 10.2. The molecule has 4 rings (SSSR count). The van der Waals surface area contributed by atoms with E-state index in [0.29, 0.717) is 0 Å². The van der Waals surface area contributed by atoms with Crippen molar-refractivity contribution in [2.45, 2.75) is 24.9 Å². The minimum atomic E-state index is -0.843. The molecule has 1 fully saturated rings. The molecule has 11 heteroatoms. The highest BCUT2D eigenvalue weighted by molar-refractivity contribution is 5.70. The number of aliphatic hydroxyl groups is 2. The molecule has 1 aliphatic heterocycles. The molecule has 11 nitrogen and oxygen atoms in total. The van der Waals surface area contributed by atoms with Gasteiger partial charge in [0.05, 0.1) is 24.0 Å². The highest BCUT2D eigenvalue weighted by Crippen LogP contribution is 2.30. The zero-order valence-electron chi connectivity index (χ0n) is 13.9. The molecule has 3 aromatic rings. The Morgan fingerprint density at radius 2 is 2.07 bits per heavy atom. The minimum absolute atomic E-state index is 0.0150. The lowest BCUT2D eigenvalue weighted by Gasteiger charge is -2.13.